The highest BCUT2D eigenvalue weighted by atomic mass is 35.5. The van der Waals surface area contributed by atoms with Crippen molar-refractivity contribution in [1.82, 2.24) is 5.32 Å². The van der Waals surface area contributed by atoms with E-state index >= 15 is 0 Å². The average molecular weight is 324 g/mol. The average Bonchev–Trinajstić information content (AvgIpc) is 2.81. The molecule has 1 heterocycles. The Morgan fingerprint density at radius 2 is 1.90 bits per heavy atom. The molecule has 21 heavy (non-hydrogen) atoms. The number of aryl methyl sites for hydroxylation is 3. The smallest absolute Gasteiger partial charge is 0.251 e. The van der Waals surface area contributed by atoms with Crippen molar-refractivity contribution >= 4 is 28.8 Å². The molecule has 0 aliphatic carbocycles. The second kappa shape index (κ2) is 6.60. The molecule has 1 unspecified atom stereocenters. The van der Waals surface area contributed by atoms with Gasteiger partial charge in [0.15, 0.2) is 0 Å². The van der Waals surface area contributed by atoms with Crippen LogP contribution < -0.4 is 5.32 Å². The third kappa shape index (κ3) is 3.84. The molecular weight excluding hydrogens is 306 g/mol. The lowest BCUT2D eigenvalue weighted by atomic mass is 9.99. The van der Waals surface area contributed by atoms with Crippen LogP contribution in [0.1, 0.15) is 38.0 Å². The molecule has 0 saturated carbocycles. The zero-order valence-corrected chi connectivity index (χ0v) is 13.8. The molecule has 0 bridgehead atoms. The summed E-state index contributed by atoms with van der Waals surface area (Å²) in [6, 6.07) is 7.47. The first kappa shape index (κ1) is 16.0. The van der Waals surface area contributed by atoms with Crippen molar-refractivity contribution in [3.63, 3.8) is 0 Å². The van der Waals surface area contributed by atoms with E-state index in [-0.39, 0.29) is 12.5 Å². The number of amides is 1. The number of aliphatic hydroxyl groups is 1. The molecule has 0 saturated heterocycles. The minimum atomic E-state index is -0.738. The lowest BCUT2D eigenvalue weighted by Gasteiger charge is -2.14. The lowest BCUT2D eigenvalue weighted by molar-refractivity contribution is 0.0917. The third-order valence-corrected chi connectivity index (χ3v) is 4.61. The maximum absolute atomic E-state index is 12.3. The Morgan fingerprint density at radius 3 is 2.43 bits per heavy atom. The maximum atomic E-state index is 12.3. The van der Waals surface area contributed by atoms with Gasteiger partial charge in [-0.15, -0.1) is 11.3 Å². The van der Waals surface area contributed by atoms with Crippen LogP contribution in [0.2, 0.25) is 4.34 Å². The Bertz CT molecular complexity index is 643. The van der Waals surface area contributed by atoms with E-state index in [1.807, 2.05) is 32.9 Å². The number of benzene rings is 1. The highest BCUT2D eigenvalue weighted by molar-refractivity contribution is 7.16. The minimum Gasteiger partial charge on any atom is -0.386 e. The molecule has 2 rings (SSSR count). The predicted octanol–water partition coefficient (Wildman–Crippen LogP) is 3.79. The molecule has 112 valence electrons. The van der Waals surface area contributed by atoms with E-state index in [0.717, 1.165) is 21.6 Å². The quantitative estimate of drug-likeness (QED) is 0.899. The fraction of sp³-hybridized carbons (Fsp3) is 0.312. The molecule has 0 radical (unpaired) electrons. The van der Waals surface area contributed by atoms with E-state index < -0.39 is 6.10 Å². The number of carbonyl (C=O) groups is 1. The first-order valence-electron chi connectivity index (χ1n) is 6.68. The number of aliphatic hydroxyl groups excluding tert-OH is 1. The number of carbonyl (C=O) groups excluding carboxylic acids is 1. The van der Waals surface area contributed by atoms with Gasteiger partial charge < -0.3 is 10.4 Å². The van der Waals surface area contributed by atoms with Crippen molar-refractivity contribution in [2.75, 3.05) is 6.54 Å². The molecule has 3 nitrogen and oxygen atoms in total. The van der Waals surface area contributed by atoms with Crippen LogP contribution in [0, 0.1) is 20.8 Å². The standard InChI is InChI=1S/C16H18ClNO2S/c1-9-6-10(2)15(11(3)7-9)16(20)18-8-12(19)13-4-5-14(17)21-13/h4-7,12,19H,8H2,1-3H3,(H,18,20). The van der Waals surface area contributed by atoms with Gasteiger partial charge in [0.1, 0.15) is 6.10 Å². The molecule has 1 atom stereocenters. The molecule has 1 amide bonds. The van der Waals surface area contributed by atoms with E-state index in [2.05, 4.69) is 5.32 Å². The monoisotopic (exact) mass is 323 g/mol. The van der Waals surface area contributed by atoms with Crippen molar-refractivity contribution in [3.05, 3.63) is 55.7 Å². The Morgan fingerprint density at radius 1 is 1.29 bits per heavy atom. The Hall–Kier alpha value is -1.36. The summed E-state index contributed by atoms with van der Waals surface area (Å²) in [4.78, 5) is 13.0. The molecule has 1 aromatic heterocycles. The molecule has 1 aromatic carbocycles. The van der Waals surface area contributed by atoms with Gasteiger partial charge in [-0.1, -0.05) is 29.3 Å². The van der Waals surface area contributed by atoms with Crippen LogP contribution in [0.4, 0.5) is 0 Å². The maximum Gasteiger partial charge on any atom is 0.251 e. The summed E-state index contributed by atoms with van der Waals surface area (Å²) in [7, 11) is 0. The van der Waals surface area contributed by atoms with Crippen molar-refractivity contribution in [3.8, 4) is 0 Å². The number of halogens is 1. The van der Waals surface area contributed by atoms with Gasteiger partial charge in [-0.2, -0.15) is 0 Å². The van der Waals surface area contributed by atoms with E-state index in [0.29, 0.717) is 9.90 Å². The van der Waals surface area contributed by atoms with Gasteiger partial charge in [0.05, 0.1) is 4.34 Å². The normalized spacial score (nSPS) is 12.2. The van der Waals surface area contributed by atoms with Crippen molar-refractivity contribution in [2.45, 2.75) is 26.9 Å². The van der Waals surface area contributed by atoms with Gasteiger partial charge in [-0.25, -0.2) is 0 Å². The lowest BCUT2D eigenvalue weighted by Crippen LogP contribution is -2.29. The van der Waals surface area contributed by atoms with Gasteiger partial charge in [-0.3, -0.25) is 4.79 Å². The first-order chi connectivity index (χ1) is 9.88. The third-order valence-electron chi connectivity index (χ3n) is 3.28. The summed E-state index contributed by atoms with van der Waals surface area (Å²) >= 11 is 7.16. The summed E-state index contributed by atoms with van der Waals surface area (Å²) < 4.78 is 0.626. The van der Waals surface area contributed by atoms with E-state index in [1.165, 1.54) is 11.3 Å². The summed E-state index contributed by atoms with van der Waals surface area (Å²) in [5.41, 5.74) is 3.70. The fourth-order valence-corrected chi connectivity index (χ4v) is 3.47. The van der Waals surface area contributed by atoms with Crippen molar-refractivity contribution in [2.24, 2.45) is 0 Å². The first-order valence-corrected chi connectivity index (χ1v) is 7.87. The van der Waals surface area contributed by atoms with E-state index in [4.69, 9.17) is 11.6 Å². The number of thiophene rings is 1. The molecule has 0 spiro atoms. The Labute approximate surface area is 133 Å². The summed E-state index contributed by atoms with van der Waals surface area (Å²) in [6.45, 7) is 6.02. The van der Waals surface area contributed by atoms with Gasteiger partial charge in [0, 0.05) is 17.0 Å². The van der Waals surface area contributed by atoms with Crippen LogP contribution in [0.3, 0.4) is 0 Å². The Balaban J connectivity index is 2.05. The van der Waals surface area contributed by atoms with Gasteiger partial charge >= 0.3 is 0 Å². The number of hydrogen-bond donors (Lipinski definition) is 2. The summed E-state index contributed by atoms with van der Waals surface area (Å²) in [6.07, 6.45) is -0.738. The summed E-state index contributed by atoms with van der Waals surface area (Å²) in [5.74, 6) is -0.160. The van der Waals surface area contributed by atoms with Crippen LogP contribution in [0.25, 0.3) is 0 Å². The number of rotatable bonds is 4. The fourth-order valence-electron chi connectivity index (χ4n) is 2.42. The van der Waals surface area contributed by atoms with Crippen LogP contribution in [-0.2, 0) is 0 Å². The zero-order chi connectivity index (χ0) is 15.6. The van der Waals surface area contributed by atoms with Crippen LogP contribution in [0.15, 0.2) is 24.3 Å². The second-order valence-electron chi connectivity index (χ2n) is 5.14. The Kier molecular flexibility index (Phi) is 5.04. The largest absolute Gasteiger partial charge is 0.386 e. The van der Waals surface area contributed by atoms with Gasteiger partial charge in [0.2, 0.25) is 0 Å². The minimum absolute atomic E-state index is 0.160. The van der Waals surface area contributed by atoms with Crippen LogP contribution in [0.5, 0.6) is 0 Å². The van der Waals surface area contributed by atoms with Crippen LogP contribution in [-0.4, -0.2) is 17.6 Å². The van der Waals surface area contributed by atoms with E-state index in [1.54, 1.807) is 12.1 Å². The predicted molar refractivity (Wildman–Crippen MR) is 87.3 cm³/mol. The topological polar surface area (TPSA) is 49.3 Å². The SMILES string of the molecule is Cc1cc(C)c(C(=O)NCC(O)c2ccc(Cl)s2)c(C)c1. The number of nitrogens with one attached hydrogen (secondary N) is 1. The van der Waals surface area contributed by atoms with Crippen molar-refractivity contribution < 1.29 is 9.90 Å². The summed E-state index contributed by atoms with van der Waals surface area (Å²) in [5, 5.41) is 12.8. The van der Waals surface area contributed by atoms with Crippen LogP contribution >= 0.6 is 22.9 Å². The van der Waals surface area contributed by atoms with Crippen molar-refractivity contribution in [1.29, 1.82) is 0 Å². The molecule has 0 fully saturated rings. The highest BCUT2D eigenvalue weighted by Crippen LogP contribution is 2.26. The van der Waals surface area contributed by atoms with Gasteiger partial charge in [0.25, 0.3) is 5.91 Å². The number of hydrogen-bond acceptors (Lipinski definition) is 3. The molecule has 0 aliphatic rings. The molecule has 2 N–H and O–H groups in total. The molecule has 0 aliphatic heterocycles. The zero-order valence-electron chi connectivity index (χ0n) is 12.2. The van der Waals surface area contributed by atoms with E-state index in [9.17, 15) is 9.90 Å². The molecule has 5 heteroatoms. The molecule has 2 aromatic rings. The van der Waals surface area contributed by atoms with Gasteiger partial charge in [-0.05, 0) is 44.0 Å². The molecular formula is C16H18ClNO2S. The highest BCUT2D eigenvalue weighted by Gasteiger charge is 2.15. The second-order valence-corrected chi connectivity index (χ2v) is 6.89.